The van der Waals surface area contributed by atoms with Crippen molar-refractivity contribution in [2.75, 3.05) is 0 Å². The van der Waals surface area contributed by atoms with Crippen molar-refractivity contribution < 1.29 is 14.6 Å². The van der Waals surface area contributed by atoms with Gasteiger partial charge in [-0.1, -0.05) is 17.3 Å². The smallest absolute Gasteiger partial charge is 0.123 e. The molecular formula is C11H12FN3O2. The average Bonchev–Trinajstić information content (AvgIpc) is 2.77. The molecule has 0 saturated heterocycles. The van der Waals surface area contributed by atoms with E-state index in [2.05, 4.69) is 10.3 Å². The predicted molar refractivity (Wildman–Crippen MR) is 57.3 cm³/mol. The normalized spacial score (nSPS) is 12.6. The summed E-state index contributed by atoms with van der Waals surface area (Å²) in [6, 6.07) is 5.76. The Labute approximate surface area is 97.1 Å². The van der Waals surface area contributed by atoms with Crippen LogP contribution in [-0.4, -0.2) is 25.2 Å². The van der Waals surface area contributed by atoms with Crippen molar-refractivity contribution in [2.24, 2.45) is 0 Å². The molecule has 0 bridgehead atoms. The second kappa shape index (κ2) is 5.03. The van der Waals surface area contributed by atoms with E-state index in [0.29, 0.717) is 11.3 Å². The van der Waals surface area contributed by atoms with E-state index in [1.54, 1.807) is 6.07 Å². The number of aromatic nitrogens is 3. The minimum Gasteiger partial charge on any atom is -0.390 e. The molecule has 0 unspecified atom stereocenters. The highest BCUT2D eigenvalue weighted by Gasteiger charge is 2.10. The first-order chi connectivity index (χ1) is 8.19. The van der Waals surface area contributed by atoms with Gasteiger partial charge in [0, 0.05) is 0 Å². The average molecular weight is 237 g/mol. The van der Waals surface area contributed by atoms with E-state index in [0.717, 1.165) is 0 Å². The van der Waals surface area contributed by atoms with E-state index < -0.39 is 11.9 Å². The van der Waals surface area contributed by atoms with Crippen molar-refractivity contribution in [1.29, 1.82) is 0 Å². The van der Waals surface area contributed by atoms with Crippen LogP contribution < -0.4 is 0 Å². The van der Waals surface area contributed by atoms with Crippen LogP contribution in [0.3, 0.4) is 0 Å². The van der Waals surface area contributed by atoms with E-state index in [1.165, 1.54) is 29.1 Å². The van der Waals surface area contributed by atoms with Crippen molar-refractivity contribution in [1.82, 2.24) is 15.0 Å². The van der Waals surface area contributed by atoms with Gasteiger partial charge in [-0.2, -0.15) is 0 Å². The van der Waals surface area contributed by atoms with Crippen LogP contribution >= 0.6 is 0 Å². The lowest BCUT2D eigenvalue weighted by Gasteiger charge is -2.10. The van der Waals surface area contributed by atoms with Gasteiger partial charge in [0.05, 0.1) is 25.5 Å². The Bertz CT molecular complexity index is 501. The fourth-order valence-corrected chi connectivity index (χ4v) is 1.50. The van der Waals surface area contributed by atoms with Gasteiger partial charge in [-0.3, -0.25) is 0 Å². The number of benzene rings is 1. The summed E-state index contributed by atoms with van der Waals surface area (Å²) in [5, 5.41) is 26.1. The first kappa shape index (κ1) is 11.7. The standard InChI is InChI=1S/C11H12FN3O2/c12-9-3-1-2-8(4-9)11(17)6-15-5-10(7-16)13-14-15/h1-5,11,16-17H,6-7H2/t11-/m1/s1. The van der Waals surface area contributed by atoms with E-state index in [1.807, 2.05) is 0 Å². The lowest BCUT2D eigenvalue weighted by Crippen LogP contribution is -2.09. The van der Waals surface area contributed by atoms with Gasteiger partial charge in [0.15, 0.2) is 0 Å². The molecule has 90 valence electrons. The zero-order valence-electron chi connectivity index (χ0n) is 8.99. The van der Waals surface area contributed by atoms with Gasteiger partial charge in [0.2, 0.25) is 0 Å². The summed E-state index contributed by atoms with van der Waals surface area (Å²) < 4.78 is 14.3. The summed E-state index contributed by atoms with van der Waals surface area (Å²) in [6.07, 6.45) is 0.668. The molecule has 2 N–H and O–H groups in total. The Balaban J connectivity index is 2.08. The molecule has 2 rings (SSSR count). The highest BCUT2D eigenvalue weighted by Crippen LogP contribution is 2.15. The third kappa shape index (κ3) is 2.86. The van der Waals surface area contributed by atoms with E-state index in [9.17, 15) is 9.50 Å². The number of aliphatic hydroxyl groups excluding tert-OH is 2. The Hall–Kier alpha value is -1.79. The Kier molecular flexibility index (Phi) is 3.46. The van der Waals surface area contributed by atoms with Crippen LogP contribution in [-0.2, 0) is 13.2 Å². The van der Waals surface area contributed by atoms with E-state index in [-0.39, 0.29) is 13.2 Å². The SMILES string of the molecule is OCc1cn(C[C@@H](O)c2cccc(F)c2)nn1. The molecule has 0 spiro atoms. The maximum atomic E-state index is 12.9. The van der Waals surface area contributed by atoms with Gasteiger partial charge in [-0.05, 0) is 17.7 Å². The number of rotatable bonds is 4. The largest absolute Gasteiger partial charge is 0.390 e. The Morgan fingerprint density at radius 1 is 1.41 bits per heavy atom. The van der Waals surface area contributed by atoms with Gasteiger partial charge >= 0.3 is 0 Å². The molecule has 1 aromatic heterocycles. The van der Waals surface area contributed by atoms with Gasteiger partial charge in [0.1, 0.15) is 11.5 Å². The minimum absolute atomic E-state index is 0.163. The van der Waals surface area contributed by atoms with Crippen LogP contribution in [0, 0.1) is 5.82 Å². The van der Waals surface area contributed by atoms with Crippen molar-refractivity contribution in [2.45, 2.75) is 19.3 Å². The topological polar surface area (TPSA) is 71.2 Å². The molecule has 6 heteroatoms. The van der Waals surface area contributed by atoms with Crippen LogP contribution in [0.1, 0.15) is 17.4 Å². The number of nitrogens with zero attached hydrogens (tertiary/aromatic N) is 3. The molecular weight excluding hydrogens is 225 g/mol. The van der Waals surface area contributed by atoms with Crippen LogP contribution in [0.15, 0.2) is 30.5 Å². The molecule has 1 heterocycles. The summed E-state index contributed by atoms with van der Waals surface area (Å²) in [6.45, 7) is -0.0352. The number of halogens is 1. The molecule has 0 saturated carbocycles. The molecule has 1 atom stereocenters. The fraction of sp³-hybridized carbons (Fsp3) is 0.273. The van der Waals surface area contributed by atoms with Crippen LogP contribution in [0.5, 0.6) is 0 Å². The third-order valence-corrected chi connectivity index (χ3v) is 2.34. The summed E-state index contributed by atoms with van der Waals surface area (Å²) in [5.74, 6) is -0.392. The molecule has 0 aliphatic carbocycles. The molecule has 0 aliphatic rings. The predicted octanol–water partition coefficient (Wildman–Crippen LogP) is 0.643. The second-order valence-corrected chi connectivity index (χ2v) is 3.66. The third-order valence-electron chi connectivity index (χ3n) is 2.34. The monoisotopic (exact) mass is 237 g/mol. The van der Waals surface area contributed by atoms with Crippen LogP contribution in [0.25, 0.3) is 0 Å². The highest BCUT2D eigenvalue weighted by atomic mass is 19.1. The van der Waals surface area contributed by atoms with E-state index in [4.69, 9.17) is 5.11 Å². The first-order valence-electron chi connectivity index (χ1n) is 5.12. The highest BCUT2D eigenvalue weighted by molar-refractivity contribution is 5.18. The number of hydrogen-bond acceptors (Lipinski definition) is 4. The molecule has 0 aliphatic heterocycles. The molecule has 1 aromatic carbocycles. The molecule has 0 radical (unpaired) electrons. The zero-order chi connectivity index (χ0) is 12.3. The molecule has 0 amide bonds. The molecule has 2 aromatic rings. The summed E-state index contributed by atoms with van der Waals surface area (Å²) in [4.78, 5) is 0. The van der Waals surface area contributed by atoms with Crippen molar-refractivity contribution in [3.63, 3.8) is 0 Å². The maximum absolute atomic E-state index is 12.9. The number of hydrogen-bond donors (Lipinski definition) is 2. The molecule has 0 fully saturated rings. The van der Waals surface area contributed by atoms with Crippen molar-refractivity contribution in [3.8, 4) is 0 Å². The van der Waals surface area contributed by atoms with Gasteiger partial charge in [-0.15, -0.1) is 5.10 Å². The van der Waals surface area contributed by atoms with Gasteiger partial charge in [-0.25, -0.2) is 9.07 Å². The lowest BCUT2D eigenvalue weighted by atomic mass is 10.1. The Morgan fingerprint density at radius 2 is 2.24 bits per heavy atom. The quantitative estimate of drug-likeness (QED) is 0.818. The summed E-state index contributed by atoms with van der Waals surface area (Å²) >= 11 is 0. The molecule has 5 nitrogen and oxygen atoms in total. The van der Waals surface area contributed by atoms with Crippen LogP contribution in [0.4, 0.5) is 4.39 Å². The fourth-order valence-electron chi connectivity index (χ4n) is 1.50. The lowest BCUT2D eigenvalue weighted by molar-refractivity contribution is 0.150. The van der Waals surface area contributed by atoms with Crippen LogP contribution in [0.2, 0.25) is 0 Å². The summed E-state index contributed by atoms with van der Waals surface area (Å²) in [7, 11) is 0. The van der Waals surface area contributed by atoms with Crippen molar-refractivity contribution in [3.05, 3.63) is 47.5 Å². The van der Waals surface area contributed by atoms with Gasteiger partial charge in [0.25, 0.3) is 0 Å². The zero-order valence-corrected chi connectivity index (χ0v) is 8.99. The molecule has 17 heavy (non-hydrogen) atoms. The number of aliphatic hydroxyl groups is 2. The Morgan fingerprint density at radius 3 is 2.88 bits per heavy atom. The van der Waals surface area contributed by atoms with E-state index >= 15 is 0 Å². The minimum atomic E-state index is -0.862. The van der Waals surface area contributed by atoms with Crippen molar-refractivity contribution >= 4 is 0 Å². The van der Waals surface area contributed by atoms with Gasteiger partial charge < -0.3 is 10.2 Å². The maximum Gasteiger partial charge on any atom is 0.123 e. The first-order valence-corrected chi connectivity index (χ1v) is 5.12. The summed E-state index contributed by atoms with van der Waals surface area (Å²) in [5.41, 5.74) is 0.905. The second-order valence-electron chi connectivity index (χ2n) is 3.66.